The molecule has 3 heterocycles. The maximum Gasteiger partial charge on any atom is 0.123 e. The molecule has 0 unspecified atom stereocenters. The minimum absolute atomic E-state index is 0.0836. The van der Waals surface area contributed by atoms with Crippen LogP contribution in [0.5, 0.6) is 5.75 Å². The van der Waals surface area contributed by atoms with E-state index in [1.54, 1.807) is 0 Å². The van der Waals surface area contributed by atoms with E-state index in [0.29, 0.717) is 12.1 Å². The van der Waals surface area contributed by atoms with Crippen molar-refractivity contribution < 1.29 is 9.84 Å². The summed E-state index contributed by atoms with van der Waals surface area (Å²) in [6.45, 7) is 4.63. The summed E-state index contributed by atoms with van der Waals surface area (Å²) < 4.78 is 6.24. The van der Waals surface area contributed by atoms with E-state index in [4.69, 9.17) is 9.72 Å². The third-order valence-corrected chi connectivity index (χ3v) is 8.88. The maximum absolute atomic E-state index is 9.62. The van der Waals surface area contributed by atoms with Crippen LogP contribution in [-0.4, -0.2) is 63.8 Å². The van der Waals surface area contributed by atoms with E-state index in [9.17, 15) is 5.11 Å². The molecule has 2 aromatic rings. The van der Waals surface area contributed by atoms with E-state index in [2.05, 4.69) is 34.1 Å². The van der Waals surface area contributed by atoms with Gasteiger partial charge in [0.15, 0.2) is 0 Å². The first-order chi connectivity index (χ1) is 15.2. The lowest BCUT2D eigenvalue weighted by molar-refractivity contribution is -0.00377. The predicted octanol–water partition coefficient (Wildman–Crippen LogP) is 4.09. The minimum Gasteiger partial charge on any atom is -0.490 e. The SMILES string of the molecule is OC1CC(N2CCc3nc(-c4ccc(OC5CC(N6CCCCC6)C5)cc4)sc3C2)C1. The van der Waals surface area contributed by atoms with E-state index >= 15 is 0 Å². The zero-order chi connectivity index (χ0) is 20.8. The predicted molar refractivity (Wildman–Crippen MR) is 124 cm³/mol. The van der Waals surface area contributed by atoms with E-state index < -0.39 is 0 Å². The van der Waals surface area contributed by atoms with Crippen molar-refractivity contribution >= 4 is 11.3 Å². The quantitative estimate of drug-likeness (QED) is 0.761. The summed E-state index contributed by atoms with van der Waals surface area (Å²) in [7, 11) is 0. The van der Waals surface area contributed by atoms with Gasteiger partial charge in [0.1, 0.15) is 16.9 Å². The average Bonchev–Trinajstić information content (AvgIpc) is 3.18. The fourth-order valence-corrected chi connectivity index (χ4v) is 6.73. The van der Waals surface area contributed by atoms with Crippen molar-refractivity contribution in [2.45, 2.75) is 82.2 Å². The molecule has 3 fully saturated rings. The van der Waals surface area contributed by atoms with Crippen LogP contribution < -0.4 is 4.74 Å². The summed E-state index contributed by atoms with van der Waals surface area (Å²) in [6, 6.07) is 9.87. The Morgan fingerprint density at radius 1 is 0.903 bits per heavy atom. The second-order valence-electron chi connectivity index (χ2n) is 9.87. The normalized spacial score (nSPS) is 31.5. The van der Waals surface area contributed by atoms with Gasteiger partial charge in [-0.2, -0.15) is 0 Å². The second kappa shape index (κ2) is 8.47. The lowest BCUT2D eigenvalue weighted by Gasteiger charge is -2.44. The number of benzene rings is 1. The number of aliphatic hydroxyl groups is 1. The maximum atomic E-state index is 9.62. The third kappa shape index (κ3) is 4.15. The third-order valence-electron chi connectivity index (χ3n) is 7.75. The smallest absolute Gasteiger partial charge is 0.123 e. The van der Waals surface area contributed by atoms with Crippen LogP contribution in [0.3, 0.4) is 0 Å². The van der Waals surface area contributed by atoms with Crippen LogP contribution in [0.25, 0.3) is 10.6 Å². The molecular formula is C25H33N3O2S. The Morgan fingerprint density at radius 2 is 1.65 bits per heavy atom. The van der Waals surface area contributed by atoms with E-state index in [0.717, 1.165) is 49.2 Å². The standard InChI is InChI=1S/C25H33N3O2S/c29-20-12-18(13-20)28-11-8-23-24(16-28)31-25(26-23)17-4-6-21(7-5-17)30-22-14-19(15-22)27-9-2-1-3-10-27/h4-7,18-20,22,29H,1-3,8-16H2. The van der Waals surface area contributed by atoms with Gasteiger partial charge in [-0.25, -0.2) is 4.98 Å². The van der Waals surface area contributed by atoms with Crippen molar-refractivity contribution in [3.8, 4) is 16.3 Å². The Balaban J connectivity index is 1.04. The number of aromatic nitrogens is 1. The number of fused-ring (bicyclic) bond motifs is 1. The Labute approximate surface area is 189 Å². The number of aliphatic hydroxyl groups excluding tert-OH is 1. The zero-order valence-electron chi connectivity index (χ0n) is 18.2. The van der Waals surface area contributed by atoms with Gasteiger partial charge in [-0.05, 0) is 63.0 Å². The first-order valence-corrected chi connectivity index (χ1v) is 12.9. The number of hydrogen-bond donors (Lipinski definition) is 1. The number of ether oxygens (including phenoxy) is 1. The molecule has 6 heteroatoms. The first-order valence-electron chi connectivity index (χ1n) is 12.1. The highest BCUT2D eigenvalue weighted by atomic mass is 32.1. The first kappa shape index (κ1) is 20.2. The molecule has 2 aliphatic carbocycles. The molecule has 0 bridgehead atoms. The molecule has 1 N–H and O–H groups in total. The highest BCUT2D eigenvalue weighted by molar-refractivity contribution is 7.15. The molecule has 0 spiro atoms. The molecule has 4 aliphatic rings. The van der Waals surface area contributed by atoms with Crippen LogP contribution >= 0.6 is 11.3 Å². The molecule has 166 valence electrons. The van der Waals surface area contributed by atoms with Crippen molar-refractivity contribution in [3.05, 3.63) is 34.8 Å². The van der Waals surface area contributed by atoms with Gasteiger partial charge >= 0.3 is 0 Å². The molecular weight excluding hydrogens is 406 g/mol. The summed E-state index contributed by atoms with van der Waals surface area (Å²) in [6.07, 6.45) is 9.67. The molecule has 0 radical (unpaired) electrons. The molecule has 5 nitrogen and oxygen atoms in total. The molecule has 2 saturated carbocycles. The highest BCUT2D eigenvalue weighted by Gasteiger charge is 2.36. The number of rotatable bonds is 5. The van der Waals surface area contributed by atoms with Crippen LogP contribution in [0.1, 0.15) is 55.5 Å². The van der Waals surface area contributed by atoms with Crippen molar-refractivity contribution in [1.29, 1.82) is 0 Å². The summed E-state index contributed by atoms with van der Waals surface area (Å²) >= 11 is 1.83. The van der Waals surface area contributed by atoms with Gasteiger partial charge < -0.3 is 14.7 Å². The van der Waals surface area contributed by atoms with Gasteiger partial charge in [-0.3, -0.25) is 4.90 Å². The monoisotopic (exact) mass is 439 g/mol. The molecule has 2 aliphatic heterocycles. The van der Waals surface area contributed by atoms with Crippen molar-refractivity contribution in [2.75, 3.05) is 19.6 Å². The van der Waals surface area contributed by atoms with E-state index in [1.807, 2.05) is 11.3 Å². The van der Waals surface area contributed by atoms with Crippen molar-refractivity contribution in [1.82, 2.24) is 14.8 Å². The lowest BCUT2D eigenvalue weighted by Crippen LogP contribution is -2.50. The highest BCUT2D eigenvalue weighted by Crippen LogP contribution is 2.36. The van der Waals surface area contributed by atoms with Gasteiger partial charge in [0, 0.05) is 54.9 Å². The molecule has 1 aromatic heterocycles. The molecule has 1 saturated heterocycles. The summed E-state index contributed by atoms with van der Waals surface area (Å²) in [4.78, 5) is 11.6. The topological polar surface area (TPSA) is 48.8 Å². The average molecular weight is 440 g/mol. The minimum atomic E-state index is -0.0836. The van der Waals surface area contributed by atoms with Crippen LogP contribution in [0, 0.1) is 0 Å². The molecule has 6 rings (SSSR count). The van der Waals surface area contributed by atoms with Gasteiger partial charge in [0.2, 0.25) is 0 Å². The number of likely N-dealkylation sites (tertiary alicyclic amines) is 1. The number of hydrogen-bond acceptors (Lipinski definition) is 6. The molecule has 0 atom stereocenters. The van der Waals surface area contributed by atoms with Crippen LogP contribution in [0.4, 0.5) is 0 Å². The Morgan fingerprint density at radius 3 is 2.39 bits per heavy atom. The zero-order valence-corrected chi connectivity index (χ0v) is 19.0. The van der Waals surface area contributed by atoms with Crippen molar-refractivity contribution in [3.63, 3.8) is 0 Å². The largest absolute Gasteiger partial charge is 0.490 e. The summed E-state index contributed by atoms with van der Waals surface area (Å²) in [5.41, 5.74) is 2.46. The summed E-state index contributed by atoms with van der Waals surface area (Å²) in [5.74, 6) is 0.988. The van der Waals surface area contributed by atoms with Gasteiger partial charge in [-0.1, -0.05) is 6.42 Å². The number of thiazole rings is 1. The Bertz CT molecular complexity index is 896. The number of nitrogens with zero attached hydrogens (tertiary/aromatic N) is 3. The Kier molecular flexibility index (Phi) is 5.51. The fraction of sp³-hybridized carbons (Fsp3) is 0.640. The number of piperidine rings is 1. The second-order valence-corrected chi connectivity index (χ2v) is 11.0. The van der Waals surface area contributed by atoms with Gasteiger partial charge in [-0.15, -0.1) is 11.3 Å². The lowest BCUT2D eigenvalue weighted by atomic mass is 9.86. The fourth-order valence-electron chi connectivity index (χ4n) is 5.59. The van der Waals surface area contributed by atoms with E-state index in [1.165, 1.54) is 61.3 Å². The molecule has 1 aromatic carbocycles. The van der Waals surface area contributed by atoms with Crippen molar-refractivity contribution in [2.24, 2.45) is 0 Å². The Hall–Kier alpha value is -1.47. The van der Waals surface area contributed by atoms with Gasteiger partial charge in [0.25, 0.3) is 0 Å². The van der Waals surface area contributed by atoms with Gasteiger partial charge in [0.05, 0.1) is 11.8 Å². The van der Waals surface area contributed by atoms with Crippen LogP contribution in [0.2, 0.25) is 0 Å². The summed E-state index contributed by atoms with van der Waals surface area (Å²) in [5, 5.41) is 10.7. The van der Waals surface area contributed by atoms with E-state index in [-0.39, 0.29) is 6.10 Å². The van der Waals surface area contributed by atoms with Crippen LogP contribution in [-0.2, 0) is 13.0 Å². The molecule has 0 amide bonds. The van der Waals surface area contributed by atoms with Crippen LogP contribution in [0.15, 0.2) is 24.3 Å². The molecule has 31 heavy (non-hydrogen) atoms.